The highest BCUT2D eigenvalue weighted by molar-refractivity contribution is 6.36. The third-order valence-corrected chi connectivity index (χ3v) is 5.66. The number of aliphatic hydroxyl groups excluding tert-OH is 1. The Morgan fingerprint density at radius 2 is 2.00 bits per heavy atom. The molecule has 1 aliphatic heterocycles. The molecule has 1 heterocycles. The van der Waals surface area contributed by atoms with Crippen LogP contribution in [0, 0.1) is 0 Å². The Morgan fingerprint density at radius 3 is 2.70 bits per heavy atom. The van der Waals surface area contributed by atoms with Gasteiger partial charge in [0.25, 0.3) is 0 Å². The average molecular weight is 553 g/mol. The molecule has 0 unspecified atom stereocenters. The minimum absolute atomic E-state index is 0.0677. The smallest absolute Gasteiger partial charge is 0.337 e. The van der Waals surface area contributed by atoms with Crippen LogP contribution in [0.1, 0.15) is 31.0 Å². The zero-order valence-corrected chi connectivity index (χ0v) is 21.7. The first-order valence-electron chi connectivity index (χ1n) is 11.0. The summed E-state index contributed by atoms with van der Waals surface area (Å²) in [6.07, 6.45) is 0.0285. The van der Waals surface area contributed by atoms with Crippen LogP contribution in [0.25, 0.3) is 0 Å². The lowest BCUT2D eigenvalue weighted by Crippen LogP contribution is -2.45. The second-order valence-corrected chi connectivity index (χ2v) is 8.58. The third kappa shape index (κ3) is 6.97. The molecule has 2 atom stereocenters. The maximum absolute atomic E-state index is 12.4. The number of allylic oxidation sites excluding steroid dienone is 1. The van der Waals surface area contributed by atoms with Gasteiger partial charge in [0.1, 0.15) is 12.4 Å². The topological polar surface area (TPSA) is 151 Å². The number of amides is 2. The number of urea groups is 1. The van der Waals surface area contributed by atoms with Crippen molar-refractivity contribution in [3.8, 4) is 17.2 Å². The fourth-order valence-electron chi connectivity index (χ4n) is 3.50. The molecule has 198 valence electrons. The molecule has 0 radical (unpaired) electrons. The maximum atomic E-state index is 12.4. The number of nitrogens with zero attached hydrogens (tertiary/aromatic N) is 1. The number of carbonyl (C=O) groups excluding carboxylic acids is 2. The molecule has 5 N–H and O–H groups in total. The van der Waals surface area contributed by atoms with Crippen molar-refractivity contribution in [1.82, 2.24) is 16.1 Å². The lowest BCUT2D eigenvalue weighted by Gasteiger charge is -2.28. The number of aliphatic hydroxyl groups is 1. The summed E-state index contributed by atoms with van der Waals surface area (Å²) >= 11 is 11.8. The van der Waals surface area contributed by atoms with Gasteiger partial charge in [0.2, 0.25) is 0 Å². The molecule has 2 amide bonds. The van der Waals surface area contributed by atoms with Crippen LogP contribution in [-0.4, -0.2) is 55.0 Å². The fourth-order valence-corrected chi connectivity index (χ4v) is 4.01. The Hall–Kier alpha value is -3.67. The molecule has 0 aliphatic carbocycles. The standard InChI is InChI=1S/C24H26Cl2N4O7/c1-4-36-18-8-13(21-20(23(33)35-3)12(2)28-24(34)29-21)5-6-17(18)37-11-19(31)30-27-10-14-7-15(25)9-16(26)22(14)32/h5-10,19,21,30-32H,4,11H2,1-3H3,(H2,28,29,34)/b27-10-/t19-,21-/m1/s1. The summed E-state index contributed by atoms with van der Waals surface area (Å²) in [5.41, 5.74) is 3.92. The van der Waals surface area contributed by atoms with Gasteiger partial charge in [0.05, 0.1) is 36.6 Å². The number of carbonyl (C=O) groups is 2. The lowest BCUT2D eigenvalue weighted by atomic mass is 9.95. The van der Waals surface area contributed by atoms with Crippen molar-refractivity contribution >= 4 is 41.4 Å². The van der Waals surface area contributed by atoms with Gasteiger partial charge in [-0.15, -0.1) is 0 Å². The maximum Gasteiger partial charge on any atom is 0.337 e. The van der Waals surface area contributed by atoms with Gasteiger partial charge in [-0.2, -0.15) is 5.10 Å². The van der Waals surface area contributed by atoms with E-state index in [9.17, 15) is 19.8 Å². The number of phenols is 1. The second-order valence-electron chi connectivity index (χ2n) is 7.74. The van der Waals surface area contributed by atoms with E-state index in [1.165, 1.54) is 25.5 Å². The van der Waals surface area contributed by atoms with Crippen LogP contribution in [0.4, 0.5) is 4.79 Å². The number of benzene rings is 2. The number of hydrogen-bond donors (Lipinski definition) is 5. The van der Waals surface area contributed by atoms with Crippen LogP contribution in [-0.2, 0) is 9.53 Å². The van der Waals surface area contributed by atoms with E-state index in [-0.39, 0.29) is 28.5 Å². The zero-order valence-electron chi connectivity index (χ0n) is 20.2. The van der Waals surface area contributed by atoms with Crippen molar-refractivity contribution in [3.63, 3.8) is 0 Å². The number of ether oxygens (including phenoxy) is 3. The van der Waals surface area contributed by atoms with Gasteiger partial charge in [-0.1, -0.05) is 29.3 Å². The number of rotatable bonds is 10. The third-order valence-electron chi connectivity index (χ3n) is 5.16. The first-order valence-corrected chi connectivity index (χ1v) is 11.8. The molecule has 3 rings (SSSR count). The summed E-state index contributed by atoms with van der Waals surface area (Å²) in [5, 5.41) is 29.7. The van der Waals surface area contributed by atoms with E-state index in [4.69, 9.17) is 37.4 Å². The first kappa shape index (κ1) is 27.9. The van der Waals surface area contributed by atoms with Crippen LogP contribution in [0.2, 0.25) is 10.0 Å². The highest BCUT2D eigenvalue weighted by atomic mass is 35.5. The number of esters is 1. The molecular formula is C24H26Cl2N4O7. The number of hydrogen-bond acceptors (Lipinski definition) is 9. The van der Waals surface area contributed by atoms with Crippen molar-refractivity contribution < 1.29 is 34.0 Å². The molecule has 0 saturated carbocycles. The Kier molecular flexibility index (Phi) is 9.45. The molecule has 0 spiro atoms. The first-order chi connectivity index (χ1) is 17.6. The van der Waals surface area contributed by atoms with Gasteiger partial charge in [0, 0.05) is 16.3 Å². The number of hydrazone groups is 1. The minimum atomic E-state index is -1.22. The molecule has 0 aromatic heterocycles. The van der Waals surface area contributed by atoms with Crippen molar-refractivity contribution in [3.05, 3.63) is 62.8 Å². The Labute approximate surface area is 223 Å². The molecular weight excluding hydrogens is 527 g/mol. The number of halogens is 2. The minimum Gasteiger partial charge on any atom is -0.506 e. The predicted molar refractivity (Wildman–Crippen MR) is 137 cm³/mol. The summed E-state index contributed by atoms with van der Waals surface area (Å²) in [7, 11) is 1.26. The normalized spacial score (nSPS) is 16.2. The van der Waals surface area contributed by atoms with Gasteiger partial charge < -0.3 is 35.1 Å². The molecule has 2 aromatic carbocycles. The van der Waals surface area contributed by atoms with Crippen LogP contribution >= 0.6 is 23.2 Å². The second kappa shape index (κ2) is 12.5. The van der Waals surface area contributed by atoms with E-state index < -0.39 is 24.3 Å². The van der Waals surface area contributed by atoms with Crippen LogP contribution in [0.3, 0.4) is 0 Å². The number of phenolic OH excluding ortho intramolecular Hbond substituents is 1. The Bertz CT molecular complexity index is 1240. The van der Waals surface area contributed by atoms with Gasteiger partial charge in [-0.05, 0) is 43.7 Å². The molecule has 2 aromatic rings. The van der Waals surface area contributed by atoms with Gasteiger partial charge in [-0.25, -0.2) is 9.59 Å². The highest BCUT2D eigenvalue weighted by Gasteiger charge is 2.32. The zero-order chi connectivity index (χ0) is 27.1. The van der Waals surface area contributed by atoms with Crippen LogP contribution in [0.5, 0.6) is 17.2 Å². The van der Waals surface area contributed by atoms with Crippen LogP contribution in [0.15, 0.2) is 46.7 Å². The largest absolute Gasteiger partial charge is 0.506 e. The number of aromatic hydroxyl groups is 1. The van der Waals surface area contributed by atoms with E-state index in [0.717, 1.165) is 0 Å². The van der Waals surface area contributed by atoms with E-state index in [1.807, 2.05) is 0 Å². The van der Waals surface area contributed by atoms with E-state index in [2.05, 4.69) is 21.2 Å². The fraction of sp³-hybridized carbons (Fsp3) is 0.292. The molecule has 11 nitrogen and oxygen atoms in total. The number of nitrogens with one attached hydrogen (secondary N) is 3. The Morgan fingerprint density at radius 1 is 1.24 bits per heavy atom. The highest BCUT2D eigenvalue weighted by Crippen LogP contribution is 2.35. The summed E-state index contributed by atoms with van der Waals surface area (Å²) < 4.78 is 16.2. The lowest BCUT2D eigenvalue weighted by molar-refractivity contribution is -0.136. The molecule has 0 saturated heterocycles. The SMILES string of the molecule is CCOc1cc([C@H]2NC(=O)NC(C)=C2C(=O)OC)ccc1OC[C@@H](O)N/N=C\c1cc(Cl)cc(Cl)c1O. The van der Waals surface area contributed by atoms with Crippen molar-refractivity contribution in [2.45, 2.75) is 26.1 Å². The average Bonchev–Trinajstić information content (AvgIpc) is 2.85. The number of methoxy groups -OCH3 is 1. The van der Waals surface area contributed by atoms with E-state index >= 15 is 0 Å². The summed E-state index contributed by atoms with van der Waals surface area (Å²) in [5.74, 6) is -0.135. The summed E-state index contributed by atoms with van der Waals surface area (Å²) in [6.45, 7) is 3.50. The van der Waals surface area contributed by atoms with Crippen molar-refractivity contribution in [2.24, 2.45) is 5.10 Å². The predicted octanol–water partition coefficient (Wildman–Crippen LogP) is 3.22. The molecule has 0 fully saturated rings. The van der Waals surface area contributed by atoms with E-state index in [0.29, 0.717) is 34.4 Å². The van der Waals surface area contributed by atoms with Gasteiger partial charge in [-0.3, -0.25) is 5.43 Å². The van der Waals surface area contributed by atoms with Gasteiger partial charge >= 0.3 is 12.0 Å². The molecule has 0 bridgehead atoms. The van der Waals surface area contributed by atoms with Crippen molar-refractivity contribution in [2.75, 3.05) is 20.3 Å². The van der Waals surface area contributed by atoms with Gasteiger partial charge in [0.15, 0.2) is 17.7 Å². The molecule has 37 heavy (non-hydrogen) atoms. The van der Waals surface area contributed by atoms with Crippen molar-refractivity contribution in [1.29, 1.82) is 0 Å². The summed E-state index contributed by atoms with van der Waals surface area (Å²) in [4.78, 5) is 24.4. The van der Waals surface area contributed by atoms with Crippen LogP contribution < -0.4 is 25.5 Å². The molecule has 13 heteroatoms. The Balaban J connectivity index is 1.72. The monoisotopic (exact) mass is 552 g/mol. The van der Waals surface area contributed by atoms with E-state index in [1.54, 1.807) is 32.0 Å². The quantitative estimate of drug-likeness (QED) is 0.130. The summed E-state index contributed by atoms with van der Waals surface area (Å²) in [6, 6.07) is 6.51. The molecule has 1 aliphatic rings.